The predicted octanol–water partition coefficient (Wildman–Crippen LogP) is 2.80. The van der Waals surface area contributed by atoms with E-state index in [0.29, 0.717) is 12.0 Å². The summed E-state index contributed by atoms with van der Waals surface area (Å²) in [5.74, 6) is -0.777. The number of Topliss-reactive ketones (excluding diaryl/α,β-unsaturated/α-hetero) is 1. The zero-order valence-electron chi connectivity index (χ0n) is 13.4. The Hall–Kier alpha value is -1.62. The summed E-state index contributed by atoms with van der Waals surface area (Å²) in [5.41, 5.74) is 0.851. The first-order valence-corrected chi connectivity index (χ1v) is 7.76. The Labute approximate surface area is 129 Å². The molecule has 0 unspecified atom stereocenters. The van der Waals surface area contributed by atoms with Gasteiger partial charge in [0.15, 0.2) is 5.76 Å². The van der Waals surface area contributed by atoms with Crippen LogP contribution < -0.4 is 0 Å². The lowest BCUT2D eigenvalue weighted by Gasteiger charge is -2.53. The second-order valence-electron chi connectivity index (χ2n) is 6.90. The SMILES string of the molecule is CC(=O)O[C@@H]1c2c(C)coc2C(=O)[C@@H]2[C@@H](O)CC[C@H](C)[C@@]12C. The van der Waals surface area contributed by atoms with E-state index in [0.717, 1.165) is 12.0 Å². The van der Waals surface area contributed by atoms with Crippen LogP contribution in [-0.2, 0) is 9.53 Å². The van der Waals surface area contributed by atoms with Crippen molar-refractivity contribution in [1.82, 2.24) is 0 Å². The fourth-order valence-electron chi connectivity index (χ4n) is 4.27. The lowest BCUT2D eigenvalue weighted by Crippen LogP contribution is -2.55. The lowest BCUT2D eigenvalue weighted by molar-refractivity contribution is -0.170. The highest BCUT2D eigenvalue weighted by Gasteiger charge is 2.60. The average Bonchev–Trinajstić information content (AvgIpc) is 2.81. The van der Waals surface area contributed by atoms with Gasteiger partial charge >= 0.3 is 5.97 Å². The Kier molecular flexibility index (Phi) is 3.44. The van der Waals surface area contributed by atoms with Crippen molar-refractivity contribution in [2.45, 2.75) is 52.7 Å². The van der Waals surface area contributed by atoms with Crippen LogP contribution in [0.25, 0.3) is 0 Å². The lowest BCUT2D eigenvalue weighted by atomic mass is 9.53. The van der Waals surface area contributed by atoms with E-state index in [1.807, 2.05) is 13.8 Å². The van der Waals surface area contributed by atoms with Gasteiger partial charge in [-0.25, -0.2) is 0 Å². The number of furan rings is 1. The van der Waals surface area contributed by atoms with Gasteiger partial charge in [0.25, 0.3) is 0 Å². The number of hydrogen-bond donors (Lipinski definition) is 1. The Morgan fingerprint density at radius 3 is 2.77 bits per heavy atom. The van der Waals surface area contributed by atoms with E-state index in [2.05, 4.69) is 6.92 Å². The van der Waals surface area contributed by atoms with E-state index in [4.69, 9.17) is 9.15 Å². The minimum atomic E-state index is -0.731. The van der Waals surface area contributed by atoms with Gasteiger partial charge in [-0.2, -0.15) is 0 Å². The maximum absolute atomic E-state index is 12.9. The summed E-state index contributed by atoms with van der Waals surface area (Å²) in [6.45, 7) is 7.22. The number of esters is 1. The normalized spacial score (nSPS) is 37.4. The monoisotopic (exact) mass is 306 g/mol. The van der Waals surface area contributed by atoms with Crippen LogP contribution in [0.1, 0.15) is 61.4 Å². The molecule has 0 bridgehead atoms. The quantitative estimate of drug-likeness (QED) is 0.807. The van der Waals surface area contributed by atoms with Crippen LogP contribution in [0.3, 0.4) is 0 Å². The van der Waals surface area contributed by atoms with Crippen LogP contribution in [0.2, 0.25) is 0 Å². The van der Waals surface area contributed by atoms with Crippen molar-refractivity contribution in [3.05, 3.63) is 23.2 Å². The van der Waals surface area contributed by atoms with Gasteiger partial charge in [0.1, 0.15) is 6.10 Å². The standard InChI is InChI=1S/C17H22O5/c1-8-7-21-15-12(8)16(22-10(3)18)17(4)9(2)5-6-11(19)13(17)14(15)20/h7,9,11,13,16,19H,5-6H2,1-4H3/t9-,11-,13-,16+,17+/m0/s1. The predicted molar refractivity (Wildman–Crippen MR) is 78.3 cm³/mol. The van der Waals surface area contributed by atoms with Crippen LogP contribution in [0, 0.1) is 24.2 Å². The van der Waals surface area contributed by atoms with E-state index in [1.54, 1.807) is 0 Å². The number of ketones is 1. The smallest absolute Gasteiger partial charge is 0.303 e. The first kappa shape index (κ1) is 15.3. The summed E-state index contributed by atoms with van der Waals surface area (Å²) in [6.07, 6.45) is 1.61. The van der Waals surface area contributed by atoms with Crippen molar-refractivity contribution >= 4 is 11.8 Å². The molecule has 3 rings (SSSR count). The van der Waals surface area contributed by atoms with E-state index in [-0.39, 0.29) is 17.5 Å². The summed E-state index contributed by atoms with van der Waals surface area (Å²) < 4.78 is 11.1. The van der Waals surface area contributed by atoms with Crippen LogP contribution in [0.4, 0.5) is 0 Å². The maximum atomic E-state index is 12.9. The van der Waals surface area contributed by atoms with Crippen LogP contribution in [-0.4, -0.2) is 23.0 Å². The Morgan fingerprint density at radius 1 is 1.45 bits per heavy atom. The van der Waals surface area contributed by atoms with Crippen molar-refractivity contribution in [2.75, 3.05) is 0 Å². The molecule has 120 valence electrons. The van der Waals surface area contributed by atoms with Gasteiger partial charge in [0.2, 0.25) is 5.78 Å². The molecular weight excluding hydrogens is 284 g/mol. The third kappa shape index (κ3) is 1.88. The highest BCUT2D eigenvalue weighted by Crippen LogP contribution is 2.59. The van der Waals surface area contributed by atoms with Crippen molar-refractivity contribution in [3.8, 4) is 0 Å². The number of aliphatic hydroxyl groups is 1. The molecule has 1 fully saturated rings. The van der Waals surface area contributed by atoms with E-state index >= 15 is 0 Å². The van der Waals surface area contributed by atoms with E-state index in [1.165, 1.54) is 13.2 Å². The van der Waals surface area contributed by atoms with Crippen molar-refractivity contribution in [2.24, 2.45) is 17.3 Å². The largest absolute Gasteiger partial charge is 0.460 e. The zero-order valence-corrected chi connectivity index (χ0v) is 13.4. The Bertz CT molecular complexity index is 631. The van der Waals surface area contributed by atoms with Crippen LogP contribution in [0.5, 0.6) is 0 Å². The van der Waals surface area contributed by atoms with Crippen molar-refractivity contribution in [1.29, 1.82) is 0 Å². The number of aliphatic hydroxyl groups excluding tert-OH is 1. The number of aryl methyl sites for hydroxylation is 1. The van der Waals surface area contributed by atoms with Gasteiger partial charge in [0.05, 0.1) is 18.3 Å². The minimum Gasteiger partial charge on any atom is -0.460 e. The maximum Gasteiger partial charge on any atom is 0.303 e. The summed E-state index contributed by atoms with van der Waals surface area (Å²) in [4.78, 5) is 24.5. The number of rotatable bonds is 1. The molecule has 2 aliphatic rings. The first-order chi connectivity index (χ1) is 10.3. The van der Waals surface area contributed by atoms with Crippen LogP contribution in [0.15, 0.2) is 10.7 Å². The molecule has 0 amide bonds. The van der Waals surface area contributed by atoms with Gasteiger partial charge in [-0.3, -0.25) is 9.59 Å². The second kappa shape index (κ2) is 4.95. The van der Waals surface area contributed by atoms with Crippen molar-refractivity contribution < 1.29 is 23.8 Å². The number of fused-ring (bicyclic) bond motifs is 2. The topological polar surface area (TPSA) is 76.7 Å². The summed E-state index contributed by atoms with van der Waals surface area (Å²) in [5, 5.41) is 10.4. The molecule has 0 spiro atoms. The summed E-state index contributed by atoms with van der Waals surface area (Å²) in [6, 6.07) is 0. The average molecular weight is 306 g/mol. The third-order valence-electron chi connectivity index (χ3n) is 5.65. The number of hydrogen-bond acceptors (Lipinski definition) is 5. The van der Waals surface area contributed by atoms with Gasteiger partial charge in [-0.1, -0.05) is 13.8 Å². The molecule has 0 aromatic carbocycles. The molecule has 5 heteroatoms. The molecular formula is C17H22O5. The second-order valence-corrected chi connectivity index (χ2v) is 6.90. The molecule has 0 radical (unpaired) electrons. The number of carbonyl (C=O) groups excluding carboxylic acids is 2. The van der Waals surface area contributed by atoms with Crippen molar-refractivity contribution in [3.63, 3.8) is 0 Å². The molecule has 1 aromatic rings. The Balaban J connectivity index is 2.23. The third-order valence-corrected chi connectivity index (χ3v) is 5.65. The molecule has 22 heavy (non-hydrogen) atoms. The summed E-state index contributed by atoms with van der Waals surface area (Å²) in [7, 11) is 0. The molecule has 1 aromatic heterocycles. The minimum absolute atomic E-state index is 0.150. The molecule has 0 aliphatic heterocycles. The zero-order chi connectivity index (χ0) is 16.2. The molecule has 5 atom stereocenters. The highest BCUT2D eigenvalue weighted by atomic mass is 16.5. The van der Waals surface area contributed by atoms with Gasteiger partial charge < -0.3 is 14.3 Å². The van der Waals surface area contributed by atoms with Crippen LogP contribution >= 0.6 is 0 Å². The molecule has 5 nitrogen and oxygen atoms in total. The molecule has 2 aliphatic carbocycles. The highest BCUT2D eigenvalue weighted by molar-refractivity contribution is 5.99. The molecule has 1 heterocycles. The van der Waals surface area contributed by atoms with Gasteiger partial charge in [0, 0.05) is 17.9 Å². The Morgan fingerprint density at radius 2 is 2.14 bits per heavy atom. The molecule has 0 saturated heterocycles. The van der Waals surface area contributed by atoms with E-state index in [9.17, 15) is 14.7 Å². The molecule has 1 saturated carbocycles. The fraction of sp³-hybridized carbons (Fsp3) is 0.647. The molecule has 1 N–H and O–H groups in total. The number of carbonyl (C=O) groups is 2. The van der Waals surface area contributed by atoms with E-state index < -0.39 is 29.5 Å². The van der Waals surface area contributed by atoms with Gasteiger partial charge in [-0.15, -0.1) is 0 Å². The van der Waals surface area contributed by atoms with Gasteiger partial charge in [-0.05, 0) is 31.2 Å². The fourth-order valence-corrected chi connectivity index (χ4v) is 4.27. The summed E-state index contributed by atoms with van der Waals surface area (Å²) >= 11 is 0. The number of ether oxygens (including phenoxy) is 1. The first-order valence-electron chi connectivity index (χ1n) is 7.76.